The van der Waals surface area contributed by atoms with Gasteiger partial charge in [-0.15, -0.1) is 0 Å². The highest BCUT2D eigenvalue weighted by atomic mass is 19.1. The second-order valence-electron chi connectivity index (χ2n) is 8.39. The van der Waals surface area contributed by atoms with Crippen molar-refractivity contribution < 1.29 is 9.18 Å². The maximum Gasteiger partial charge on any atom is 0.321 e. The number of nitrogens with zero attached hydrogens (tertiary/aromatic N) is 6. The summed E-state index contributed by atoms with van der Waals surface area (Å²) in [6, 6.07) is 12.3. The molecule has 0 aliphatic carbocycles. The highest BCUT2D eigenvalue weighted by Gasteiger charge is 2.22. The molecule has 1 N–H and O–H groups in total. The van der Waals surface area contributed by atoms with Crippen molar-refractivity contribution in [2.45, 2.75) is 13.5 Å². The van der Waals surface area contributed by atoms with Gasteiger partial charge in [0.1, 0.15) is 17.2 Å². The Kier molecular flexibility index (Phi) is 6.18. The maximum absolute atomic E-state index is 13.8. The van der Waals surface area contributed by atoms with Crippen molar-refractivity contribution >= 4 is 22.9 Å². The number of amides is 2. The van der Waals surface area contributed by atoms with E-state index < -0.39 is 0 Å². The average molecular weight is 460 g/mol. The van der Waals surface area contributed by atoms with Gasteiger partial charge in [-0.05, 0) is 48.9 Å². The van der Waals surface area contributed by atoms with Gasteiger partial charge in [0.2, 0.25) is 0 Å². The van der Waals surface area contributed by atoms with E-state index in [1.54, 1.807) is 42.5 Å². The van der Waals surface area contributed by atoms with Crippen LogP contribution in [0.25, 0.3) is 22.6 Å². The molecule has 4 heterocycles. The molecule has 0 atom stereocenters. The van der Waals surface area contributed by atoms with Gasteiger partial charge in [0.15, 0.2) is 5.65 Å². The molecule has 1 aromatic carbocycles. The normalized spacial score (nSPS) is 14.5. The number of carbonyl (C=O) groups excluding carboxylic acids is 1. The van der Waals surface area contributed by atoms with Crippen molar-refractivity contribution in [3.8, 4) is 11.4 Å². The highest BCUT2D eigenvalue weighted by Crippen LogP contribution is 2.23. The largest absolute Gasteiger partial charge is 0.322 e. The van der Waals surface area contributed by atoms with Crippen molar-refractivity contribution in [1.29, 1.82) is 0 Å². The first-order valence-electron chi connectivity index (χ1n) is 11.3. The molecule has 0 saturated carbocycles. The number of rotatable bonds is 5. The van der Waals surface area contributed by atoms with Crippen LogP contribution in [0.1, 0.15) is 5.56 Å². The Bertz CT molecular complexity index is 1300. The van der Waals surface area contributed by atoms with E-state index in [1.807, 2.05) is 24.3 Å². The van der Waals surface area contributed by atoms with Crippen LogP contribution in [0.5, 0.6) is 0 Å². The number of piperazine rings is 1. The van der Waals surface area contributed by atoms with Crippen molar-refractivity contribution in [2.75, 3.05) is 38.0 Å². The van der Waals surface area contributed by atoms with E-state index in [4.69, 9.17) is 4.98 Å². The van der Waals surface area contributed by atoms with Crippen LogP contribution >= 0.6 is 0 Å². The van der Waals surface area contributed by atoms with Gasteiger partial charge >= 0.3 is 6.03 Å². The lowest BCUT2D eigenvalue weighted by atomic mass is 10.2. The zero-order valence-electron chi connectivity index (χ0n) is 19.0. The second kappa shape index (κ2) is 9.56. The number of nitrogens with one attached hydrogen (secondary N) is 1. The summed E-state index contributed by atoms with van der Waals surface area (Å²) in [5, 5.41) is 2.80. The molecule has 3 aromatic heterocycles. The summed E-state index contributed by atoms with van der Waals surface area (Å²) in [4.78, 5) is 30.2. The summed E-state index contributed by atoms with van der Waals surface area (Å²) < 4.78 is 15.9. The summed E-state index contributed by atoms with van der Waals surface area (Å²) >= 11 is 0. The topological polar surface area (TPSA) is 79.2 Å². The number of urea groups is 1. The van der Waals surface area contributed by atoms with E-state index in [2.05, 4.69) is 24.8 Å². The molecule has 9 heteroatoms. The first-order valence-corrected chi connectivity index (χ1v) is 11.3. The van der Waals surface area contributed by atoms with Crippen molar-refractivity contribution in [3.05, 3.63) is 72.4 Å². The molecule has 174 valence electrons. The molecule has 1 saturated heterocycles. The second-order valence-corrected chi connectivity index (χ2v) is 8.39. The van der Waals surface area contributed by atoms with Crippen molar-refractivity contribution in [3.63, 3.8) is 0 Å². The predicted octanol–water partition coefficient (Wildman–Crippen LogP) is 3.79. The Morgan fingerprint density at radius 2 is 1.82 bits per heavy atom. The van der Waals surface area contributed by atoms with E-state index in [-0.39, 0.29) is 11.8 Å². The number of benzene rings is 1. The first-order chi connectivity index (χ1) is 16.6. The number of aryl methyl sites for hydroxylation is 1. The van der Waals surface area contributed by atoms with Crippen LogP contribution in [-0.2, 0) is 6.54 Å². The molecule has 8 nitrogen and oxygen atoms in total. The molecular formula is C25H26FN7O. The molecule has 0 bridgehead atoms. The SMILES string of the molecule is Cc1ccc(NC(=O)N2CCN(CCn3c(-c4ccncc4)nc4cccnc43)CC2)cc1F. The molecule has 0 spiro atoms. The highest BCUT2D eigenvalue weighted by molar-refractivity contribution is 5.89. The average Bonchev–Trinajstić information content (AvgIpc) is 3.24. The fraction of sp³-hybridized carbons (Fsp3) is 0.280. The van der Waals surface area contributed by atoms with Gasteiger partial charge in [-0.25, -0.2) is 19.2 Å². The number of fused-ring (bicyclic) bond motifs is 1. The number of pyridine rings is 2. The van der Waals surface area contributed by atoms with Crippen LogP contribution in [0, 0.1) is 12.7 Å². The Labute approximate surface area is 197 Å². The summed E-state index contributed by atoms with van der Waals surface area (Å²) in [5.74, 6) is 0.551. The summed E-state index contributed by atoms with van der Waals surface area (Å²) in [7, 11) is 0. The Hall–Kier alpha value is -3.85. The lowest BCUT2D eigenvalue weighted by Gasteiger charge is -2.34. The minimum absolute atomic E-state index is 0.201. The van der Waals surface area contributed by atoms with E-state index >= 15 is 0 Å². The predicted molar refractivity (Wildman–Crippen MR) is 129 cm³/mol. The molecule has 4 aromatic rings. The molecule has 5 rings (SSSR count). The number of aromatic nitrogens is 4. The quantitative estimate of drug-likeness (QED) is 0.491. The van der Waals surface area contributed by atoms with Gasteiger partial charge in [-0.1, -0.05) is 6.07 Å². The molecule has 2 amide bonds. The summed E-state index contributed by atoms with van der Waals surface area (Å²) in [6.45, 7) is 6.00. The minimum Gasteiger partial charge on any atom is -0.322 e. The number of carbonyl (C=O) groups is 1. The smallest absolute Gasteiger partial charge is 0.321 e. The first kappa shape index (κ1) is 22.0. The lowest BCUT2D eigenvalue weighted by molar-refractivity contribution is 0.145. The molecular weight excluding hydrogens is 433 g/mol. The van der Waals surface area contributed by atoms with E-state index in [0.29, 0.717) is 24.3 Å². The minimum atomic E-state index is -0.324. The molecule has 34 heavy (non-hydrogen) atoms. The van der Waals surface area contributed by atoms with Gasteiger partial charge in [-0.2, -0.15) is 0 Å². The number of imidazole rings is 1. The molecule has 0 unspecified atom stereocenters. The molecule has 1 aliphatic heterocycles. The van der Waals surface area contributed by atoms with Crippen LogP contribution in [-0.4, -0.2) is 68.1 Å². The molecule has 1 fully saturated rings. The van der Waals surface area contributed by atoms with Crippen LogP contribution < -0.4 is 5.32 Å². The lowest BCUT2D eigenvalue weighted by Crippen LogP contribution is -2.50. The van der Waals surface area contributed by atoms with Gasteiger partial charge < -0.3 is 14.8 Å². The Morgan fingerprint density at radius 1 is 1.03 bits per heavy atom. The molecule has 1 aliphatic rings. The Morgan fingerprint density at radius 3 is 2.59 bits per heavy atom. The van der Waals surface area contributed by atoms with Crippen LogP contribution in [0.2, 0.25) is 0 Å². The molecule has 0 radical (unpaired) electrons. The van der Waals surface area contributed by atoms with Gasteiger partial charge in [0.05, 0.1) is 0 Å². The monoisotopic (exact) mass is 459 g/mol. The fourth-order valence-electron chi connectivity index (χ4n) is 4.18. The fourth-order valence-corrected chi connectivity index (χ4v) is 4.18. The van der Waals surface area contributed by atoms with Gasteiger partial charge in [-0.3, -0.25) is 9.88 Å². The maximum atomic E-state index is 13.8. The number of hydrogen-bond donors (Lipinski definition) is 1. The van der Waals surface area contributed by atoms with E-state index in [9.17, 15) is 9.18 Å². The van der Waals surface area contributed by atoms with Gasteiger partial charge in [0, 0.05) is 69.1 Å². The van der Waals surface area contributed by atoms with Crippen LogP contribution in [0.4, 0.5) is 14.9 Å². The zero-order chi connectivity index (χ0) is 23.5. The standard InChI is InChI=1S/C25H26FN7O/c1-18-4-5-20(17-21(18)26)29-25(34)32-14-11-31(12-15-32)13-16-33-23(19-6-9-27-10-7-19)30-22-3-2-8-28-24(22)33/h2-10,17H,11-16H2,1H3,(H,29,34). The van der Waals surface area contributed by atoms with Crippen LogP contribution in [0.3, 0.4) is 0 Å². The Balaban J connectivity index is 1.21. The number of anilines is 1. The third-order valence-corrected chi connectivity index (χ3v) is 6.16. The number of hydrogen-bond acceptors (Lipinski definition) is 5. The van der Waals surface area contributed by atoms with Crippen molar-refractivity contribution in [1.82, 2.24) is 29.3 Å². The van der Waals surface area contributed by atoms with Gasteiger partial charge in [0.25, 0.3) is 0 Å². The summed E-state index contributed by atoms with van der Waals surface area (Å²) in [6.07, 6.45) is 5.32. The summed E-state index contributed by atoms with van der Waals surface area (Å²) in [5.41, 5.74) is 3.75. The van der Waals surface area contributed by atoms with E-state index in [1.165, 1.54) is 6.07 Å². The zero-order valence-corrected chi connectivity index (χ0v) is 19.0. The van der Waals surface area contributed by atoms with Crippen LogP contribution in [0.15, 0.2) is 61.1 Å². The third-order valence-electron chi connectivity index (χ3n) is 6.16. The van der Waals surface area contributed by atoms with E-state index in [0.717, 1.165) is 48.7 Å². The third kappa shape index (κ3) is 4.60. The van der Waals surface area contributed by atoms with Crippen molar-refractivity contribution in [2.24, 2.45) is 0 Å². The number of halogens is 1.